The first-order valence-corrected chi connectivity index (χ1v) is 8.60. The molecule has 2 N–H and O–H groups in total. The van der Waals surface area contributed by atoms with Crippen molar-refractivity contribution in [2.75, 3.05) is 10.6 Å². The number of nitrogens with zero attached hydrogens (tertiary/aromatic N) is 4. The average molecular weight is 382 g/mol. The number of hydrogen-bond donors (Lipinski definition) is 2. The van der Waals surface area contributed by atoms with Crippen molar-refractivity contribution in [1.29, 1.82) is 0 Å². The van der Waals surface area contributed by atoms with Gasteiger partial charge in [-0.2, -0.15) is 0 Å². The summed E-state index contributed by atoms with van der Waals surface area (Å²) < 4.78 is 14.6. The highest BCUT2D eigenvalue weighted by molar-refractivity contribution is 5.94. The summed E-state index contributed by atoms with van der Waals surface area (Å²) in [4.78, 5) is 24.0. The number of rotatable bonds is 6. The first kappa shape index (κ1) is 19.2. The molecule has 2 aromatic carbocycles. The van der Waals surface area contributed by atoms with E-state index in [1.165, 1.54) is 23.7 Å². The second-order valence-electron chi connectivity index (χ2n) is 6.26. The summed E-state index contributed by atoms with van der Waals surface area (Å²) in [6, 6.07) is 12.0. The monoisotopic (exact) mass is 382 g/mol. The topological polar surface area (TPSA) is 102 Å². The van der Waals surface area contributed by atoms with E-state index in [9.17, 15) is 14.0 Å². The molecule has 1 aromatic heterocycles. The zero-order valence-corrected chi connectivity index (χ0v) is 15.4. The molecular formula is C19H19FN6O2. The Bertz CT molecular complexity index is 969. The number of anilines is 2. The SMILES string of the molecule is CC(=O)Nc1ccc(NC(=O)C(Cc2ccc(F)cc2)n2nnnc2C)cc1. The van der Waals surface area contributed by atoms with Gasteiger partial charge in [-0.15, -0.1) is 5.10 Å². The number of halogens is 1. The Labute approximate surface area is 160 Å². The van der Waals surface area contributed by atoms with E-state index in [2.05, 4.69) is 26.2 Å². The molecule has 0 bridgehead atoms. The van der Waals surface area contributed by atoms with Crippen LogP contribution in [0.15, 0.2) is 48.5 Å². The van der Waals surface area contributed by atoms with Crippen LogP contribution in [0.5, 0.6) is 0 Å². The number of aromatic nitrogens is 4. The van der Waals surface area contributed by atoms with Crippen LogP contribution in [0.2, 0.25) is 0 Å². The van der Waals surface area contributed by atoms with Crippen molar-refractivity contribution in [2.24, 2.45) is 0 Å². The summed E-state index contributed by atoms with van der Waals surface area (Å²) >= 11 is 0. The van der Waals surface area contributed by atoms with E-state index in [-0.39, 0.29) is 17.6 Å². The molecule has 0 radical (unpaired) electrons. The Balaban J connectivity index is 1.79. The summed E-state index contributed by atoms with van der Waals surface area (Å²) in [6.45, 7) is 3.12. The van der Waals surface area contributed by atoms with Gasteiger partial charge in [-0.25, -0.2) is 9.07 Å². The Hall–Kier alpha value is -3.62. The fraction of sp³-hybridized carbons (Fsp3) is 0.211. The molecule has 8 nitrogen and oxygen atoms in total. The third kappa shape index (κ3) is 4.76. The number of carbonyl (C=O) groups is 2. The first-order valence-electron chi connectivity index (χ1n) is 8.60. The van der Waals surface area contributed by atoms with E-state index in [4.69, 9.17) is 0 Å². The van der Waals surface area contributed by atoms with Gasteiger partial charge in [-0.3, -0.25) is 9.59 Å². The van der Waals surface area contributed by atoms with Crippen molar-refractivity contribution >= 4 is 23.2 Å². The van der Waals surface area contributed by atoms with Crippen molar-refractivity contribution < 1.29 is 14.0 Å². The van der Waals surface area contributed by atoms with Gasteiger partial charge in [0.25, 0.3) is 0 Å². The zero-order chi connectivity index (χ0) is 20.1. The lowest BCUT2D eigenvalue weighted by molar-refractivity contribution is -0.119. The number of aryl methyl sites for hydroxylation is 1. The van der Waals surface area contributed by atoms with Gasteiger partial charge in [0.15, 0.2) is 0 Å². The quantitative estimate of drug-likeness (QED) is 0.682. The minimum atomic E-state index is -0.713. The van der Waals surface area contributed by atoms with Gasteiger partial charge in [-0.1, -0.05) is 12.1 Å². The molecule has 1 atom stereocenters. The van der Waals surface area contributed by atoms with Crippen LogP contribution in [0.3, 0.4) is 0 Å². The number of carbonyl (C=O) groups excluding carboxylic acids is 2. The average Bonchev–Trinajstić information content (AvgIpc) is 3.08. The Morgan fingerprint density at radius 3 is 2.18 bits per heavy atom. The number of amides is 2. The molecule has 3 aromatic rings. The highest BCUT2D eigenvalue weighted by Crippen LogP contribution is 2.19. The molecule has 144 valence electrons. The number of nitrogens with one attached hydrogen (secondary N) is 2. The van der Waals surface area contributed by atoms with Gasteiger partial charge < -0.3 is 10.6 Å². The van der Waals surface area contributed by atoms with Gasteiger partial charge in [0.05, 0.1) is 0 Å². The van der Waals surface area contributed by atoms with Gasteiger partial charge in [-0.05, 0) is 59.3 Å². The second kappa shape index (κ2) is 8.38. The minimum absolute atomic E-state index is 0.176. The molecule has 0 aliphatic carbocycles. The number of benzene rings is 2. The van der Waals surface area contributed by atoms with E-state index in [0.29, 0.717) is 23.6 Å². The third-order valence-corrected chi connectivity index (χ3v) is 4.07. The fourth-order valence-corrected chi connectivity index (χ4v) is 2.73. The summed E-state index contributed by atoms with van der Waals surface area (Å²) in [5, 5.41) is 16.9. The smallest absolute Gasteiger partial charge is 0.249 e. The maximum atomic E-state index is 13.2. The highest BCUT2D eigenvalue weighted by Gasteiger charge is 2.24. The molecule has 1 unspecified atom stereocenters. The fourth-order valence-electron chi connectivity index (χ4n) is 2.73. The summed E-state index contributed by atoms with van der Waals surface area (Å²) in [5.74, 6) is -0.344. The number of hydrogen-bond acceptors (Lipinski definition) is 5. The predicted octanol–water partition coefficient (Wildman–Crippen LogP) is 2.50. The lowest BCUT2D eigenvalue weighted by Gasteiger charge is -2.18. The lowest BCUT2D eigenvalue weighted by atomic mass is 10.0. The third-order valence-electron chi connectivity index (χ3n) is 4.07. The van der Waals surface area contributed by atoms with E-state index >= 15 is 0 Å². The van der Waals surface area contributed by atoms with Crippen LogP contribution < -0.4 is 10.6 Å². The molecule has 0 saturated carbocycles. The first-order chi connectivity index (χ1) is 13.4. The Morgan fingerprint density at radius 2 is 1.64 bits per heavy atom. The van der Waals surface area contributed by atoms with E-state index in [0.717, 1.165) is 5.56 Å². The maximum absolute atomic E-state index is 13.2. The van der Waals surface area contributed by atoms with Crippen LogP contribution in [-0.4, -0.2) is 32.0 Å². The highest BCUT2D eigenvalue weighted by atomic mass is 19.1. The molecule has 0 aliphatic heterocycles. The van der Waals surface area contributed by atoms with Crippen LogP contribution in [-0.2, 0) is 16.0 Å². The van der Waals surface area contributed by atoms with Crippen LogP contribution >= 0.6 is 0 Å². The summed E-state index contributed by atoms with van der Waals surface area (Å²) in [7, 11) is 0. The molecule has 0 saturated heterocycles. The van der Waals surface area contributed by atoms with E-state index in [1.54, 1.807) is 43.3 Å². The molecule has 1 heterocycles. The predicted molar refractivity (Wildman–Crippen MR) is 101 cm³/mol. The van der Waals surface area contributed by atoms with Gasteiger partial charge in [0.1, 0.15) is 17.7 Å². The summed E-state index contributed by atoms with van der Waals surface area (Å²) in [6.07, 6.45) is 0.294. The Morgan fingerprint density at radius 1 is 1.04 bits per heavy atom. The number of tetrazole rings is 1. The van der Waals surface area contributed by atoms with Crippen molar-refractivity contribution in [1.82, 2.24) is 20.2 Å². The molecular weight excluding hydrogens is 363 g/mol. The van der Waals surface area contributed by atoms with Crippen LogP contribution in [0.1, 0.15) is 24.4 Å². The van der Waals surface area contributed by atoms with Crippen molar-refractivity contribution in [2.45, 2.75) is 26.3 Å². The van der Waals surface area contributed by atoms with Crippen molar-refractivity contribution in [3.8, 4) is 0 Å². The summed E-state index contributed by atoms with van der Waals surface area (Å²) in [5.41, 5.74) is 1.97. The molecule has 0 spiro atoms. The molecule has 0 fully saturated rings. The minimum Gasteiger partial charge on any atom is -0.326 e. The van der Waals surface area contributed by atoms with Crippen LogP contribution in [0.25, 0.3) is 0 Å². The van der Waals surface area contributed by atoms with Gasteiger partial charge >= 0.3 is 0 Å². The standard InChI is InChI=1S/C19H19FN6O2/c1-12-23-24-25-26(12)18(11-14-3-5-15(20)6-4-14)19(28)22-17-9-7-16(8-10-17)21-13(2)27/h3-10,18H,11H2,1-2H3,(H,21,27)(H,22,28). The molecule has 28 heavy (non-hydrogen) atoms. The molecule has 3 rings (SSSR count). The molecule has 0 aliphatic rings. The molecule has 2 amide bonds. The van der Waals surface area contributed by atoms with Crippen molar-refractivity contribution in [3.63, 3.8) is 0 Å². The van der Waals surface area contributed by atoms with Gasteiger partial charge in [0.2, 0.25) is 11.8 Å². The van der Waals surface area contributed by atoms with E-state index in [1.807, 2.05) is 0 Å². The maximum Gasteiger partial charge on any atom is 0.249 e. The second-order valence-corrected chi connectivity index (χ2v) is 6.26. The van der Waals surface area contributed by atoms with Crippen molar-refractivity contribution in [3.05, 3.63) is 65.7 Å². The largest absolute Gasteiger partial charge is 0.326 e. The Kier molecular flexibility index (Phi) is 5.73. The lowest BCUT2D eigenvalue weighted by Crippen LogP contribution is -2.29. The van der Waals surface area contributed by atoms with E-state index < -0.39 is 6.04 Å². The zero-order valence-electron chi connectivity index (χ0n) is 15.4. The normalized spacial score (nSPS) is 11.7. The van der Waals surface area contributed by atoms with Crippen LogP contribution in [0, 0.1) is 12.7 Å². The van der Waals surface area contributed by atoms with Gasteiger partial charge in [0, 0.05) is 24.7 Å². The van der Waals surface area contributed by atoms with Crippen LogP contribution in [0.4, 0.5) is 15.8 Å². The molecule has 9 heteroatoms.